The van der Waals surface area contributed by atoms with E-state index in [9.17, 15) is 4.39 Å². The fourth-order valence-electron chi connectivity index (χ4n) is 4.47. The molecule has 0 spiro atoms. The van der Waals surface area contributed by atoms with Crippen molar-refractivity contribution in [2.45, 2.75) is 13.0 Å². The summed E-state index contributed by atoms with van der Waals surface area (Å²) in [5.74, 6) is -0.169. The number of oxazole rings is 1. The molecule has 5 nitrogen and oxygen atoms in total. The number of fused-ring (bicyclic) bond motifs is 4. The molecule has 2 aromatic heterocycles. The van der Waals surface area contributed by atoms with Gasteiger partial charge in [0.05, 0.1) is 27.7 Å². The number of hydrogen-bond donors (Lipinski definition) is 0. The number of aromatic nitrogens is 2. The molecule has 0 bridgehead atoms. The van der Waals surface area contributed by atoms with Crippen LogP contribution in [0.25, 0.3) is 22.0 Å². The maximum absolute atomic E-state index is 13.8. The molecule has 0 N–H and O–H groups in total. The largest absolute Gasteiger partial charge is 0.456 e. The molecule has 3 heterocycles. The molecule has 5 rings (SSSR count). The molecular formula is C22H24FN4O+. The lowest BCUT2D eigenvalue weighted by molar-refractivity contribution is -0.635. The average molecular weight is 379 g/mol. The summed E-state index contributed by atoms with van der Waals surface area (Å²) >= 11 is 0. The predicted molar refractivity (Wildman–Crippen MR) is 109 cm³/mol. The summed E-state index contributed by atoms with van der Waals surface area (Å²) in [6, 6.07) is 12.3. The fraction of sp³-hybridized carbons (Fsp3) is 0.318. The minimum Gasteiger partial charge on any atom is -0.387 e. The molecule has 1 aliphatic heterocycles. The molecule has 1 aliphatic rings. The number of hydrogen-bond acceptors (Lipinski definition) is 3. The van der Waals surface area contributed by atoms with E-state index in [-0.39, 0.29) is 5.82 Å². The van der Waals surface area contributed by atoms with Crippen LogP contribution >= 0.6 is 0 Å². The third-order valence-corrected chi connectivity index (χ3v) is 5.91. The summed E-state index contributed by atoms with van der Waals surface area (Å²) < 4.78 is 24.0. The first-order valence-corrected chi connectivity index (χ1v) is 9.54. The molecular weight excluding hydrogens is 355 g/mol. The zero-order valence-corrected chi connectivity index (χ0v) is 16.7. The summed E-state index contributed by atoms with van der Waals surface area (Å²) in [6.07, 6.45) is 0.911. The molecule has 0 saturated heterocycles. The van der Waals surface area contributed by atoms with Gasteiger partial charge in [0.2, 0.25) is 0 Å². The van der Waals surface area contributed by atoms with Gasteiger partial charge in [-0.1, -0.05) is 0 Å². The number of halogens is 1. The van der Waals surface area contributed by atoms with Crippen LogP contribution in [0.2, 0.25) is 0 Å². The van der Waals surface area contributed by atoms with Crippen LogP contribution in [0.3, 0.4) is 0 Å². The molecule has 6 heteroatoms. The van der Waals surface area contributed by atoms with Crippen molar-refractivity contribution in [2.24, 2.45) is 14.1 Å². The Morgan fingerprint density at radius 1 is 1.14 bits per heavy atom. The van der Waals surface area contributed by atoms with Crippen LogP contribution in [0.1, 0.15) is 11.3 Å². The lowest BCUT2D eigenvalue weighted by atomic mass is 10.0. The molecule has 0 amide bonds. The molecule has 0 aliphatic carbocycles. The quantitative estimate of drug-likeness (QED) is 0.499. The van der Waals surface area contributed by atoms with E-state index in [2.05, 4.69) is 33.2 Å². The molecule has 144 valence electrons. The van der Waals surface area contributed by atoms with Crippen molar-refractivity contribution in [3.63, 3.8) is 0 Å². The van der Waals surface area contributed by atoms with Crippen molar-refractivity contribution >= 4 is 33.7 Å². The minimum absolute atomic E-state index is 0.169. The van der Waals surface area contributed by atoms with Gasteiger partial charge >= 0.3 is 6.01 Å². The van der Waals surface area contributed by atoms with Gasteiger partial charge in [-0.15, -0.1) is 0 Å². The Hall–Kier alpha value is -3.02. The third kappa shape index (κ3) is 2.40. The highest BCUT2D eigenvalue weighted by atomic mass is 19.1. The normalized spacial score (nSPS) is 14.1. The second-order valence-corrected chi connectivity index (χ2v) is 7.81. The number of nitrogens with zero attached hydrogens (tertiary/aromatic N) is 4. The monoisotopic (exact) mass is 379 g/mol. The minimum atomic E-state index is -0.169. The Balaban J connectivity index is 1.56. The van der Waals surface area contributed by atoms with Crippen molar-refractivity contribution in [3.8, 4) is 0 Å². The van der Waals surface area contributed by atoms with Crippen LogP contribution in [0.5, 0.6) is 0 Å². The number of benzene rings is 2. The highest BCUT2D eigenvalue weighted by Crippen LogP contribution is 2.33. The first-order valence-electron chi connectivity index (χ1n) is 9.54. The van der Waals surface area contributed by atoms with E-state index in [1.165, 1.54) is 16.9 Å². The van der Waals surface area contributed by atoms with Gasteiger partial charge in [0.1, 0.15) is 5.82 Å². The van der Waals surface area contributed by atoms with Crippen LogP contribution in [0.4, 0.5) is 16.1 Å². The Kier molecular flexibility index (Phi) is 3.66. The van der Waals surface area contributed by atoms with E-state index in [4.69, 9.17) is 4.42 Å². The average Bonchev–Trinajstić information content (AvgIpc) is 3.16. The van der Waals surface area contributed by atoms with Gasteiger partial charge in [-0.05, 0) is 42.3 Å². The zero-order chi connectivity index (χ0) is 19.6. The maximum atomic E-state index is 13.8. The predicted octanol–water partition coefficient (Wildman–Crippen LogP) is 3.52. The maximum Gasteiger partial charge on any atom is 0.456 e. The van der Waals surface area contributed by atoms with E-state index in [0.717, 1.165) is 47.5 Å². The fourth-order valence-corrected chi connectivity index (χ4v) is 4.47. The number of aryl methyl sites for hydroxylation is 2. The van der Waals surface area contributed by atoms with Crippen molar-refractivity contribution in [1.29, 1.82) is 0 Å². The van der Waals surface area contributed by atoms with Gasteiger partial charge in [-0.3, -0.25) is 0 Å². The van der Waals surface area contributed by atoms with Crippen molar-refractivity contribution < 1.29 is 13.4 Å². The van der Waals surface area contributed by atoms with E-state index >= 15 is 0 Å². The smallest absolute Gasteiger partial charge is 0.387 e. The third-order valence-electron chi connectivity index (χ3n) is 5.91. The second kappa shape index (κ2) is 5.99. The second-order valence-electron chi connectivity index (χ2n) is 7.81. The number of rotatable bonds is 2. The van der Waals surface area contributed by atoms with Gasteiger partial charge in [-0.2, -0.15) is 4.57 Å². The van der Waals surface area contributed by atoms with Crippen LogP contribution in [-0.4, -0.2) is 25.2 Å². The molecule has 2 aromatic carbocycles. The topological polar surface area (TPSA) is 28.4 Å². The van der Waals surface area contributed by atoms with Crippen LogP contribution in [0.15, 0.2) is 40.8 Å². The van der Waals surface area contributed by atoms with Crippen molar-refractivity contribution in [3.05, 3.63) is 53.5 Å². The molecule has 28 heavy (non-hydrogen) atoms. The van der Waals surface area contributed by atoms with E-state index in [0.29, 0.717) is 0 Å². The Labute approximate surface area is 163 Å². The highest BCUT2D eigenvalue weighted by Gasteiger charge is 2.25. The van der Waals surface area contributed by atoms with Crippen LogP contribution < -0.4 is 14.4 Å². The molecule has 0 fully saturated rings. The van der Waals surface area contributed by atoms with E-state index in [1.807, 2.05) is 38.2 Å². The van der Waals surface area contributed by atoms with Gasteiger partial charge in [0, 0.05) is 41.9 Å². The Morgan fingerprint density at radius 3 is 2.75 bits per heavy atom. The summed E-state index contributed by atoms with van der Waals surface area (Å²) in [6.45, 7) is 1.73. The molecule has 0 radical (unpaired) electrons. The molecule has 0 saturated carbocycles. The number of anilines is 2. The lowest BCUT2D eigenvalue weighted by Crippen LogP contribution is -2.34. The standard InChI is InChI=1S/C22H24FN4O/c1-24(2)22-26(4)19-12-15(6-8-21(19)28-22)27-10-9-16-17-11-14(23)5-7-18(17)25(3)20(16)13-27/h5-8,11-12H,9-10,13H2,1-4H3/q+1. The first kappa shape index (κ1) is 17.1. The summed E-state index contributed by atoms with van der Waals surface area (Å²) in [5, 5.41) is 1.05. The summed E-state index contributed by atoms with van der Waals surface area (Å²) in [5.41, 5.74) is 6.77. The first-order chi connectivity index (χ1) is 13.4. The van der Waals surface area contributed by atoms with Gasteiger partial charge in [-0.25, -0.2) is 9.29 Å². The van der Waals surface area contributed by atoms with Crippen LogP contribution in [0, 0.1) is 5.82 Å². The Bertz CT molecular complexity index is 1220. The van der Waals surface area contributed by atoms with E-state index in [1.54, 1.807) is 12.1 Å². The van der Waals surface area contributed by atoms with Gasteiger partial charge in [0.15, 0.2) is 11.1 Å². The lowest BCUT2D eigenvalue weighted by Gasteiger charge is -2.30. The van der Waals surface area contributed by atoms with E-state index < -0.39 is 0 Å². The van der Waals surface area contributed by atoms with Crippen molar-refractivity contribution in [1.82, 2.24) is 4.57 Å². The van der Waals surface area contributed by atoms with Crippen LogP contribution in [-0.2, 0) is 27.1 Å². The van der Waals surface area contributed by atoms with Crippen molar-refractivity contribution in [2.75, 3.05) is 30.4 Å². The molecule has 0 unspecified atom stereocenters. The highest BCUT2D eigenvalue weighted by molar-refractivity contribution is 5.86. The van der Waals surface area contributed by atoms with Gasteiger partial charge in [0.25, 0.3) is 0 Å². The SMILES string of the molecule is CN(C)c1oc2ccc(N3CCc4c(n(C)c5ccc(F)cc45)C3)cc2[n+]1C. The molecule has 4 aromatic rings. The van der Waals surface area contributed by atoms with Gasteiger partial charge < -0.3 is 13.9 Å². The summed E-state index contributed by atoms with van der Waals surface area (Å²) in [4.78, 5) is 4.36. The Morgan fingerprint density at radius 2 is 1.96 bits per heavy atom. The summed E-state index contributed by atoms with van der Waals surface area (Å²) in [7, 11) is 8.06. The zero-order valence-electron chi connectivity index (χ0n) is 16.7. The molecule has 0 atom stereocenters.